The summed E-state index contributed by atoms with van der Waals surface area (Å²) in [7, 11) is -3.77. The minimum atomic E-state index is -3.77. The van der Waals surface area contributed by atoms with Gasteiger partial charge in [-0.25, -0.2) is 13.1 Å². The molecule has 1 heterocycles. The first-order valence-electron chi connectivity index (χ1n) is 6.54. The van der Waals surface area contributed by atoms with Crippen LogP contribution in [0.5, 0.6) is 0 Å². The lowest BCUT2D eigenvalue weighted by molar-refractivity contribution is -0.384. The monoisotopic (exact) mass is 333 g/mol. The van der Waals surface area contributed by atoms with Crippen molar-refractivity contribution in [2.24, 2.45) is 5.92 Å². The van der Waals surface area contributed by atoms with Gasteiger partial charge in [0.05, 0.1) is 9.95 Å². The van der Waals surface area contributed by atoms with Crippen LogP contribution >= 0.6 is 11.6 Å². The van der Waals surface area contributed by atoms with E-state index in [0.717, 1.165) is 44.1 Å². The number of nitrogens with zero attached hydrogens (tertiary/aromatic N) is 1. The van der Waals surface area contributed by atoms with E-state index in [-0.39, 0.29) is 21.5 Å². The first kappa shape index (κ1) is 16.2. The first-order chi connectivity index (χ1) is 9.90. The zero-order chi connectivity index (χ0) is 15.5. The van der Waals surface area contributed by atoms with E-state index in [1.807, 2.05) is 0 Å². The zero-order valence-corrected chi connectivity index (χ0v) is 12.8. The van der Waals surface area contributed by atoms with Gasteiger partial charge in [0, 0.05) is 18.7 Å². The van der Waals surface area contributed by atoms with Crippen LogP contribution in [0.15, 0.2) is 23.1 Å². The van der Waals surface area contributed by atoms with Crippen LogP contribution in [-0.2, 0) is 10.0 Å². The molecule has 1 aliphatic rings. The number of nitro benzene ring substituents is 1. The molecular formula is C12H16ClN3O4S. The van der Waals surface area contributed by atoms with Gasteiger partial charge in [-0.05, 0) is 37.9 Å². The molecule has 0 saturated carbocycles. The molecule has 116 valence electrons. The maximum Gasteiger partial charge on any atom is 0.271 e. The highest BCUT2D eigenvalue weighted by Gasteiger charge is 2.22. The summed E-state index contributed by atoms with van der Waals surface area (Å²) >= 11 is 5.84. The standard InChI is InChI=1S/C12H16ClN3O4S/c13-11-6-10(16(17)18)3-4-12(11)21(19,20)15-8-9-2-1-5-14-7-9/h3-4,6,9,14-15H,1-2,5,7-8H2. The van der Waals surface area contributed by atoms with E-state index in [4.69, 9.17) is 11.6 Å². The third-order valence-corrected chi connectivity index (χ3v) is 5.28. The van der Waals surface area contributed by atoms with Crippen LogP contribution in [0, 0.1) is 16.0 Å². The van der Waals surface area contributed by atoms with E-state index in [2.05, 4.69) is 10.0 Å². The van der Waals surface area contributed by atoms with Crippen LogP contribution in [0.2, 0.25) is 5.02 Å². The minimum absolute atomic E-state index is 0.140. The number of nitro groups is 1. The van der Waals surface area contributed by atoms with E-state index in [1.54, 1.807) is 0 Å². The van der Waals surface area contributed by atoms with Crippen LogP contribution in [0.4, 0.5) is 5.69 Å². The van der Waals surface area contributed by atoms with Crippen molar-refractivity contribution in [2.75, 3.05) is 19.6 Å². The molecule has 9 heteroatoms. The normalized spacial score (nSPS) is 19.4. The van der Waals surface area contributed by atoms with Gasteiger partial charge in [0.25, 0.3) is 5.69 Å². The van der Waals surface area contributed by atoms with Crippen molar-refractivity contribution in [3.8, 4) is 0 Å². The summed E-state index contributed by atoms with van der Waals surface area (Å²) in [6, 6.07) is 3.32. The molecule has 1 saturated heterocycles. The van der Waals surface area contributed by atoms with Gasteiger partial charge in [-0.2, -0.15) is 0 Å². The smallest absolute Gasteiger partial charge is 0.271 e. The summed E-state index contributed by atoms with van der Waals surface area (Å²) in [6.45, 7) is 2.05. The fourth-order valence-electron chi connectivity index (χ4n) is 2.22. The summed E-state index contributed by atoms with van der Waals surface area (Å²) in [4.78, 5) is 9.86. The second kappa shape index (κ2) is 6.69. The van der Waals surface area contributed by atoms with Crippen LogP contribution in [0.25, 0.3) is 0 Å². The van der Waals surface area contributed by atoms with Gasteiger partial charge in [-0.15, -0.1) is 0 Å². The molecule has 0 amide bonds. The summed E-state index contributed by atoms with van der Waals surface area (Å²) in [5.74, 6) is 0.241. The quantitative estimate of drug-likeness (QED) is 0.628. The number of halogens is 1. The van der Waals surface area contributed by atoms with Crippen LogP contribution in [-0.4, -0.2) is 33.0 Å². The van der Waals surface area contributed by atoms with Crippen LogP contribution in [0.1, 0.15) is 12.8 Å². The van der Waals surface area contributed by atoms with Crippen molar-refractivity contribution in [1.29, 1.82) is 0 Å². The number of hydrogen-bond acceptors (Lipinski definition) is 5. The van der Waals surface area contributed by atoms with Gasteiger partial charge in [0.2, 0.25) is 10.0 Å². The summed E-state index contributed by atoms with van der Waals surface area (Å²) in [5.41, 5.74) is -0.240. The van der Waals surface area contributed by atoms with Gasteiger partial charge in [-0.3, -0.25) is 10.1 Å². The Bertz CT molecular complexity index is 629. The second-order valence-electron chi connectivity index (χ2n) is 4.94. The van der Waals surface area contributed by atoms with Gasteiger partial charge in [0.15, 0.2) is 0 Å². The SMILES string of the molecule is O=[N+]([O-])c1ccc(S(=O)(=O)NCC2CCCNC2)c(Cl)c1. The van der Waals surface area contributed by atoms with E-state index in [9.17, 15) is 18.5 Å². The predicted molar refractivity (Wildman–Crippen MR) is 78.9 cm³/mol. The first-order valence-corrected chi connectivity index (χ1v) is 8.40. The Kier molecular flexibility index (Phi) is 5.15. The van der Waals surface area contributed by atoms with Crippen molar-refractivity contribution in [3.05, 3.63) is 33.3 Å². The Morgan fingerprint density at radius 2 is 2.24 bits per heavy atom. The van der Waals surface area contributed by atoms with Crippen molar-refractivity contribution in [3.63, 3.8) is 0 Å². The number of piperidine rings is 1. The Morgan fingerprint density at radius 3 is 2.81 bits per heavy atom. The lowest BCUT2D eigenvalue weighted by Gasteiger charge is -2.22. The number of benzene rings is 1. The van der Waals surface area contributed by atoms with Crippen LogP contribution in [0.3, 0.4) is 0 Å². The molecule has 0 aliphatic carbocycles. The molecule has 0 spiro atoms. The molecule has 1 unspecified atom stereocenters. The maximum atomic E-state index is 12.2. The number of hydrogen-bond donors (Lipinski definition) is 2. The van der Waals surface area contributed by atoms with Gasteiger partial charge in [0.1, 0.15) is 4.90 Å². The average Bonchev–Trinajstić information content (AvgIpc) is 2.46. The predicted octanol–water partition coefficient (Wildman–Crippen LogP) is 1.53. The minimum Gasteiger partial charge on any atom is -0.316 e. The van der Waals surface area contributed by atoms with Crippen LogP contribution < -0.4 is 10.0 Å². The molecule has 1 fully saturated rings. The summed E-state index contributed by atoms with van der Waals surface area (Å²) < 4.78 is 26.9. The highest BCUT2D eigenvalue weighted by Crippen LogP contribution is 2.26. The number of nitrogens with one attached hydrogen (secondary N) is 2. The molecular weight excluding hydrogens is 318 g/mol. The molecule has 1 aliphatic heterocycles. The maximum absolute atomic E-state index is 12.2. The summed E-state index contributed by atoms with van der Waals surface area (Å²) in [6.07, 6.45) is 1.98. The molecule has 2 N–H and O–H groups in total. The lowest BCUT2D eigenvalue weighted by Crippen LogP contribution is -2.38. The molecule has 0 bridgehead atoms. The third-order valence-electron chi connectivity index (χ3n) is 3.38. The van der Waals surface area contributed by atoms with E-state index in [0.29, 0.717) is 6.54 Å². The van der Waals surface area contributed by atoms with Crippen molar-refractivity contribution < 1.29 is 13.3 Å². The van der Waals surface area contributed by atoms with Crippen molar-refractivity contribution in [1.82, 2.24) is 10.0 Å². The average molecular weight is 334 g/mol. The molecule has 1 aromatic rings. The largest absolute Gasteiger partial charge is 0.316 e. The van der Waals surface area contributed by atoms with E-state index >= 15 is 0 Å². The van der Waals surface area contributed by atoms with Gasteiger partial charge < -0.3 is 5.32 Å². The Hall–Kier alpha value is -1.22. The Morgan fingerprint density at radius 1 is 1.48 bits per heavy atom. The van der Waals surface area contributed by atoms with E-state index < -0.39 is 14.9 Å². The van der Waals surface area contributed by atoms with Crippen molar-refractivity contribution in [2.45, 2.75) is 17.7 Å². The molecule has 0 radical (unpaired) electrons. The highest BCUT2D eigenvalue weighted by atomic mass is 35.5. The zero-order valence-electron chi connectivity index (χ0n) is 11.2. The molecule has 1 atom stereocenters. The fraction of sp³-hybridized carbons (Fsp3) is 0.500. The molecule has 0 aromatic heterocycles. The Balaban J connectivity index is 2.10. The van der Waals surface area contributed by atoms with Gasteiger partial charge >= 0.3 is 0 Å². The molecule has 7 nitrogen and oxygen atoms in total. The van der Waals surface area contributed by atoms with Crippen molar-refractivity contribution >= 4 is 27.3 Å². The van der Waals surface area contributed by atoms with E-state index in [1.165, 1.54) is 0 Å². The lowest BCUT2D eigenvalue weighted by atomic mass is 10.0. The molecule has 2 rings (SSSR count). The summed E-state index contributed by atoms with van der Waals surface area (Å²) in [5, 5.41) is 13.7. The molecule has 1 aromatic carbocycles. The highest BCUT2D eigenvalue weighted by molar-refractivity contribution is 7.89. The topological polar surface area (TPSA) is 101 Å². The molecule has 21 heavy (non-hydrogen) atoms. The number of sulfonamides is 1. The Labute approximate surface area is 127 Å². The second-order valence-corrected chi connectivity index (χ2v) is 7.08. The third kappa shape index (κ3) is 4.13. The number of rotatable bonds is 5. The fourth-order valence-corrected chi connectivity index (χ4v) is 3.88. The van der Waals surface area contributed by atoms with Gasteiger partial charge in [-0.1, -0.05) is 11.6 Å². The number of non-ortho nitro benzene ring substituents is 1.